The Morgan fingerprint density at radius 2 is 1.61 bits per heavy atom. The Kier molecular flexibility index (Phi) is 4.87. The normalized spacial score (nSPS) is 50.2. The van der Waals surface area contributed by atoms with Gasteiger partial charge >= 0.3 is 5.97 Å². The van der Waals surface area contributed by atoms with Gasteiger partial charge in [0.15, 0.2) is 0 Å². The Balaban J connectivity index is 1.60. The monoisotopic (exact) mass is 452 g/mol. The quantitative estimate of drug-likeness (QED) is 0.405. The first-order valence-corrected chi connectivity index (χ1v) is 13.8. The molecule has 0 aliphatic heterocycles. The molecule has 1 N–H and O–H groups in total. The lowest BCUT2D eigenvalue weighted by Gasteiger charge is -2.71. The standard InChI is InChI=1S/C31H48O2/c1-20-11-13-28(6)23(27(20,4)5)12-14-30(8)24(28)10-9-21-22-19-26(2,3)15-17-31(22,25(32)33)18-16-29(21,30)7/h9,22-24H,1,10-19H2,2-8H3,(H,32,33)/t22-,23+,24+,28-,29+,30+,31-/m0/s1. The van der Waals surface area contributed by atoms with Gasteiger partial charge < -0.3 is 5.11 Å². The summed E-state index contributed by atoms with van der Waals surface area (Å²) in [5, 5.41) is 10.5. The number of carboxylic acids is 1. The fraction of sp³-hybridized carbons (Fsp3) is 0.839. The lowest BCUT2D eigenvalue weighted by atomic mass is 9.33. The number of hydrogen-bond donors (Lipinski definition) is 1. The Morgan fingerprint density at radius 3 is 2.27 bits per heavy atom. The average Bonchev–Trinajstić information content (AvgIpc) is 2.71. The predicted molar refractivity (Wildman–Crippen MR) is 136 cm³/mol. The van der Waals surface area contributed by atoms with Gasteiger partial charge in [-0.2, -0.15) is 0 Å². The largest absolute Gasteiger partial charge is 0.481 e. The van der Waals surface area contributed by atoms with Gasteiger partial charge in [0.2, 0.25) is 0 Å². The highest BCUT2D eigenvalue weighted by atomic mass is 16.4. The fourth-order valence-electron chi connectivity index (χ4n) is 10.5. The molecule has 0 spiro atoms. The molecule has 2 nitrogen and oxygen atoms in total. The first kappa shape index (κ1) is 23.7. The Hall–Kier alpha value is -1.05. The molecular formula is C31H48O2. The second kappa shape index (κ2) is 6.79. The second-order valence-electron chi connectivity index (χ2n) is 15.0. The van der Waals surface area contributed by atoms with E-state index in [4.69, 9.17) is 0 Å². The zero-order chi connectivity index (χ0) is 24.2. The van der Waals surface area contributed by atoms with Crippen LogP contribution >= 0.6 is 0 Å². The van der Waals surface area contributed by atoms with Gasteiger partial charge in [0.05, 0.1) is 5.41 Å². The minimum absolute atomic E-state index is 0.125. The Bertz CT molecular complexity index is 923. The minimum atomic E-state index is -0.532. The number of hydrogen-bond acceptors (Lipinski definition) is 1. The van der Waals surface area contributed by atoms with Gasteiger partial charge in [-0.05, 0) is 109 Å². The Morgan fingerprint density at radius 1 is 0.939 bits per heavy atom. The van der Waals surface area contributed by atoms with Crippen LogP contribution in [-0.4, -0.2) is 11.1 Å². The minimum Gasteiger partial charge on any atom is -0.481 e. The van der Waals surface area contributed by atoms with E-state index in [9.17, 15) is 9.90 Å². The molecule has 0 aromatic heterocycles. The molecule has 5 aliphatic carbocycles. The van der Waals surface area contributed by atoms with Crippen LogP contribution in [0.3, 0.4) is 0 Å². The van der Waals surface area contributed by atoms with Crippen LogP contribution in [0.25, 0.3) is 0 Å². The Labute approximate surface area is 202 Å². The molecule has 0 bridgehead atoms. The van der Waals surface area contributed by atoms with Gasteiger partial charge in [-0.15, -0.1) is 0 Å². The third-order valence-electron chi connectivity index (χ3n) is 13.1. The SMILES string of the molecule is C=C1CC[C@@]2(C)[C@H](CC[C@]3(C)[C@@H]2CC=C2[C@@H]4CC(C)(C)CC[C@]4(C(=O)O)CC[C@]23C)C1(C)C. The lowest BCUT2D eigenvalue weighted by molar-refractivity contribution is -0.181. The van der Waals surface area contributed by atoms with Crippen LogP contribution in [0.1, 0.15) is 113 Å². The highest BCUT2D eigenvalue weighted by Gasteiger charge is 2.68. The van der Waals surface area contributed by atoms with E-state index in [1.807, 2.05) is 0 Å². The summed E-state index contributed by atoms with van der Waals surface area (Å²) >= 11 is 0. The first-order valence-electron chi connectivity index (χ1n) is 13.8. The summed E-state index contributed by atoms with van der Waals surface area (Å²) in [4.78, 5) is 12.8. The summed E-state index contributed by atoms with van der Waals surface area (Å²) in [6, 6.07) is 0. The zero-order valence-electron chi connectivity index (χ0n) is 22.4. The molecule has 5 aliphatic rings. The molecule has 184 valence electrons. The molecule has 0 heterocycles. The van der Waals surface area contributed by atoms with Gasteiger partial charge in [0.1, 0.15) is 0 Å². The van der Waals surface area contributed by atoms with E-state index in [0.717, 1.165) is 38.5 Å². The van der Waals surface area contributed by atoms with E-state index in [2.05, 4.69) is 61.1 Å². The van der Waals surface area contributed by atoms with Crippen molar-refractivity contribution in [3.05, 3.63) is 23.8 Å². The van der Waals surface area contributed by atoms with Crippen LogP contribution in [0.2, 0.25) is 0 Å². The van der Waals surface area contributed by atoms with E-state index in [0.29, 0.717) is 17.3 Å². The summed E-state index contributed by atoms with van der Waals surface area (Å²) in [7, 11) is 0. The van der Waals surface area contributed by atoms with Crippen LogP contribution < -0.4 is 0 Å². The molecule has 33 heavy (non-hydrogen) atoms. The van der Waals surface area contributed by atoms with Crippen LogP contribution in [0.4, 0.5) is 0 Å². The highest BCUT2D eigenvalue weighted by molar-refractivity contribution is 5.76. The summed E-state index contributed by atoms with van der Waals surface area (Å²) in [5.41, 5.74) is 3.65. The smallest absolute Gasteiger partial charge is 0.310 e. The highest BCUT2D eigenvalue weighted by Crippen LogP contribution is 2.76. The van der Waals surface area contributed by atoms with E-state index in [-0.39, 0.29) is 27.6 Å². The molecule has 0 amide bonds. The van der Waals surface area contributed by atoms with Crippen molar-refractivity contribution in [2.75, 3.05) is 0 Å². The number of allylic oxidation sites excluding steroid dienone is 3. The van der Waals surface area contributed by atoms with E-state index < -0.39 is 11.4 Å². The molecule has 2 heteroatoms. The number of carboxylic acid groups (broad SMARTS) is 1. The van der Waals surface area contributed by atoms with E-state index in [1.165, 1.54) is 31.3 Å². The molecular weight excluding hydrogens is 404 g/mol. The first-order chi connectivity index (χ1) is 15.1. The fourth-order valence-corrected chi connectivity index (χ4v) is 10.5. The maximum Gasteiger partial charge on any atom is 0.310 e. The number of fused-ring (bicyclic) bond motifs is 7. The van der Waals surface area contributed by atoms with Crippen LogP contribution in [0.15, 0.2) is 23.8 Å². The van der Waals surface area contributed by atoms with Crippen molar-refractivity contribution in [3.63, 3.8) is 0 Å². The van der Waals surface area contributed by atoms with Crippen molar-refractivity contribution in [2.24, 2.45) is 50.2 Å². The topological polar surface area (TPSA) is 37.3 Å². The summed E-state index contributed by atoms with van der Waals surface area (Å²) < 4.78 is 0. The van der Waals surface area contributed by atoms with Crippen LogP contribution in [0, 0.1) is 50.2 Å². The molecule has 0 saturated heterocycles. The number of aliphatic carboxylic acids is 1. The average molecular weight is 453 g/mol. The molecule has 0 aromatic rings. The van der Waals surface area contributed by atoms with E-state index in [1.54, 1.807) is 5.57 Å². The van der Waals surface area contributed by atoms with Crippen molar-refractivity contribution >= 4 is 5.97 Å². The third-order valence-corrected chi connectivity index (χ3v) is 13.1. The third kappa shape index (κ3) is 2.82. The summed E-state index contributed by atoms with van der Waals surface area (Å²) in [6.45, 7) is 21.9. The molecule has 5 rings (SSSR count). The molecule has 0 radical (unpaired) electrons. The van der Waals surface area contributed by atoms with Crippen LogP contribution in [-0.2, 0) is 4.79 Å². The van der Waals surface area contributed by atoms with Crippen molar-refractivity contribution in [1.82, 2.24) is 0 Å². The summed E-state index contributed by atoms with van der Waals surface area (Å²) in [5.74, 6) is 1.07. The van der Waals surface area contributed by atoms with Gasteiger partial charge in [-0.1, -0.05) is 72.3 Å². The van der Waals surface area contributed by atoms with Crippen molar-refractivity contribution in [3.8, 4) is 0 Å². The van der Waals surface area contributed by atoms with Gasteiger partial charge in [0.25, 0.3) is 0 Å². The van der Waals surface area contributed by atoms with Gasteiger partial charge in [0, 0.05) is 0 Å². The van der Waals surface area contributed by atoms with Crippen molar-refractivity contribution in [2.45, 2.75) is 113 Å². The maximum absolute atomic E-state index is 12.8. The number of carbonyl (C=O) groups is 1. The molecule has 4 fully saturated rings. The number of rotatable bonds is 1. The maximum atomic E-state index is 12.8. The summed E-state index contributed by atoms with van der Waals surface area (Å²) in [6.07, 6.45) is 13.6. The van der Waals surface area contributed by atoms with Gasteiger partial charge in [-0.25, -0.2) is 0 Å². The van der Waals surface area contributed by atoms with Crippen molar-refractivity contribution in [1.29, 1.82) is 0 Å². The molecule has 0 unspecified atom stereocenters. The van der Waals surface area contributed by atoms with Gasteiger partial charge in [-0.3, -0.25) is 4.79 Å². The molecule has 4 saturated carbocycles. The van der Waals surface area contributed by atoms with Crippen LogP contribution in [0.5, 0.6) is 0 Å². The lowest BCUT2D eigenvalue weighted by Crippen LogP contribution is -2.64. The molecule has 7 atom stereocenters. The van der Waals surface area contributed by atoms with Crippen molar-refractivity contribution < 1.29 is 9.90 Å². The second-order valence-corrected chi connectivity index (χ2v) is 15.0. The molecule has 0 aromatic carbocycles. The zero-order valence-corrected chi connectivity index (χ0v) is 22.4. The van der Waals surface area contributed by atoms with E-state index >= 15 is 0 Å². The predicted octanol–water partition coefficient (Wildman–Crippen LogP) is 8.43.